The van der Waals surface area contributed by atoms with Crippen LogP contribution in [0, 0.1) is 12.3 Å². The third-order valence-electron chi connectivity index (χ3n) is 3.02. The Balaban J connectivity index is 1.97. The highest BCUT2D eigenvalue weighted by Gasteiger charge is 2.10. The van der Waals surface area contributed by atoms with Gasteiger partial charge < -0.3 is 10.2 Å². The second kappa shape index (κ2) is 7.73. The summed E-state index contributed by atoms with van der Waals surface area (Å²) in [5, 5.41) is 3.43. The SMILES string of the molecule is C#CC(CCC)NCCCN1CCCC1. The summed E-state index contributed by atoms with van der Waals surface area (Å²) >= 11 is 0. The molecule has 1 N–H and O–H groups in total. The van der Waals surface area contributed by atoms with E-state index in [0.29, 0.717) is 0 Å². The number of nitrogens with one attached hydrogen (secondary N) is 1. The molecule has 86 valence electrons. The maximum Gasteiger partial charge on any atom is 0.0686 e. The van der Waals surface area contributed by atoms with E-state index in [-0.39, 0.29) is 6.04 Å². The molecule has 0 aliphatic carbocycles. The van der Waals surface area contributed by atoms with Crippen molar-refractivity contribution >= 4 is 0 Å². The van der Waals surface area contributed by atoms with Gasteiger partial charge in [-0.05, 0) is 51.9 Å². The van der Waals surface area contributed by atoms with Crippen LogP contribution in [0.3, 0.4) is 0 Å². The molecule has 1 fully saturated rings. The Hall–Kier alpha value is -0.520. The average molecular weight is 208 g/mol. The molecule has 1 atom stereocenters. The van der Waals surface area contributed by atoms with E-state index >= 15 is 0 Å². The summed E-state index contributed by atoms with van der Waals surface area (Å²) < 4.78 is 0. The first-order chi connectivity index (χ1) is 7.36. The third-order valence-corrected chi connectivity index (χ3v) is 3.02. The van der Waals surface area contributed by atoms with Crippen molar-refractivity contribution in [2.24, 2.45) is 0 Å². The third kappa shape index (κ3) is 5.20. The van der Waals surface area contributed by atoms with Crippen molar-refractivity contribution in [3.8, 4) is 12.3 Å². The molecular weight excluding hydrogens is 184 g/mol. The van der Waals surface area contributed by atoms with Gasteiger partial charge in [-0.3, -0.25) is 0 Å². The fraction of sp³-hybridized carbons (Fsp3) is 0.846. The highest BCUT2D eigenvalue weighted by molar-refractivity contribution is 4.98. The van der Waals surface area contributed by atoms with Crippen LogP contribution in [0.15, 0.2) is 0 Å². The molecule has 0 amide bonds. The number of rotatable bonds is 7. The molecule has 1 rings (SSSR count). The molecule has 1 aliphatic rings. The largest absolute Gasteiger partial charge is 0.304 e. The van der Waals surface area contributed by atoms with Crippen LogP contribution in [0.25, 0.3) is 0 Å². The molecule has 1 aliphatic heterocycles. The first kappa shape index (κ1) is 12.5. The molecule has 0 aromatic rings. The van der Waals surface area contributed by atoms with Gasteiger partial charge >= 0.3 is 0 Å². The average Bonchev–Trinajstić information content (AvgIpc) is 2.75. The lowest BCUT2D eigenvalue weighted by molar-refractivity contribution is 0.329. The predicted octanol–water partition coefficient (Wildman–Crippen LogP) is 1.86. The summed E-state index contributed by atoms with van der Waals surface area (Å²) in [6.07, 6.45) is 11.7. The van der Waals surface area contributed by atoms with Gasteiger partial charge in [-0.2, -0.15) is 0 Å². The second-order valence-corrected chi connectivity index (χ2v) is 4.36. The van der Waals surface area contributed by atoms with Gasteiger partial charge in [0, 0.05) is 0 Å². The zero-order valence-electron chi connectivity index (χ0n) is 9.97. The molecule has 1 saturated heterocycles. The van der Waals surface area contributed by atoms with E-state index in [9.17, 15) is 0 Å². The van der Waals surface area contributed by atoms with E-state index in [2.05, 4.69) is 23.1 Å². The van der Waals surface area contributed by atoms with E-state index in [1.807, 2.05) is 0 Å². The number of hydrogen-bond donors (Lipinski definition) is 1. The van der Waals surface area contributed by atoms with Gasteiger partial charge in [0.15, 0.2) is 0 Å². The Bertz CT molecular complexity index is 189. The smallest absolute Gasteiger partial charge is 0.0686 e. The second-order valence-electron chi connectivity index (χ2n) is 4.36. The van der Waals surface area contributed by atoms with Gasteiger partial charge in [0.2, 0.25) is 0 Å². The topological polar surface area (TPSA) is 15.3 Å². The fourth-order valence-electron chi connectivity index (χ4n) is 2.12. The molecule has 0 bridgehead atoms. The van der Waals surface area contributed by atoms with Crippen LogP contribution in [0.5, 0.6) is 0 Å². The van der Waals surface area contributed by atoms with Crippen LogP contribution in [0.2, 0.25) is 0 Å². The monoisotopic (exact) mass is 208 g/mol. The maximum absolute atomic E-state index is 5.44. The van der Waals surface area contributed by atoms with E-state index < -0.39 is 0 Å². The zero-order chi connectivity index (χ0) is 10.9. The van der Waals surface area contributed by atoms with Crippen LogP contribution in [-0.4, -0.2) is 37.1 Å². The number of terminal acetylenes is 1. The Morgan fingerprint density at radius 1 is 1.40 bits per heavy atom. The van der Waals surface area contributed by atoms with Crippen molar-refractivity contribution in [3.05, 3.63) is 0 Å². The molecule has 1 heterocycles. The van der Waals surface area contributed by atoms with Crippen molar-refractivity contribution in [3.63, 3.8) is 0 Å². The Kier molecular flexibility index (Phi) is 6.47. The van der Waals surface area contributed by atoms with Crippen LogP contribution < -0.4 is 5.32 Å². The molecule has 2 heteroatoms. The Morgan fingerprint density at radius 3 is 2.73 bits per heavy atom. The molecule has 2 nitrogen and oxygen atoms in total. The standard InChI is InChI=1S/C13H24N2/c1-3-8-13(4-2)14-9-7-12-15-10-5-6-11-15/h2,13-14H,3,5-12H2,1H3. The van der Waals surface area contributed by atoms with Gasteiger partial charge in [-0.15, -0.1) is 6.42 Å². The first-order valence-corrected chi connectivity index (χ1v) is 6.28. The van der Waals surface area contributed by atoms with Gasteiger partial charge in [0.05, 0.1) is 6.04 Å². The minimum absolute atomic E-state index is 0.286. The molecule has 15 heavy (non-hydrogen) atoms. The summed E-state index contributed by atoms with van der Waals surface area (Å²) in [7, 11) is 0. The van der Waals surface area contributed by atoms with Crippen LogP contribution in [0.4, 0.5) is 0 Å². The van der Waals surface area contributed by atoms with Gasteiger partial charge in [-0.25, -0.2) is 0 Å². The normalized spacial score (nSPS) is 18.9. The minimum atomic E-state index is 0.286. The summed E-state index contributed by atoms with van der Waals surface area (Å²) in [5.74, 6) is 2.81. The Labute approximate surface area is 94.4 Å². The predicted molar refractivity (Wildman–Crippen MR) is 65.8 cm³/mol. The fourth-order valence-corrected chi connectivity index (χ4v) is 2.12. The van der Waals surface area contributed by atoms with Crippen molar-refractivity contribution in [1.29, 1.82) is 0 Å². The van der Waals surface area contributed by atoms with E-state index in [4.69, 9.17) is 6.42 Å². The molecule has 0 aromatic carbocycles. The van der Waals surface area contributed by atoms with Gasteiger partial charge in [0.1, 0.15) is 0 Å². The van der Waals surface area contributed by atoms with Crippen LogP contribution in [0.1, 0.15) is 39.0 Å². The van der Waals surface area contributed by atoms with Crippen molar-refractivity contribution in [2.45, 2.75) is 45.1 Å². The lowest BCUT2D eigenvalue weighted by Gasteiger charge is -2.16. The quantitative estimate of drug-likeness (QED) is 0.507. The number of nitrogens with zero attached hydrogens (tertiary/aromatic N) is 1. The summed E-state index contributed by atoms with van der Waals surface area (Å²) in [4.78, 5) is 2.55. The number of likely N-dealkylation sites (tertiary alicyclic amines) is 1. The summed E-state index contributed by atoms with van der Waals surface area (Å²) in [6.45, 7) is 7.07. The van der Waals surface area contributed by atoms with Crippen LogP contribution in [-0.2, 0) is 0 Å². The lowest BCUT2D eigenvalue weighted by Crippen LogP contribution is -2.31. The Morgan fingerprint density at radius 2 is 2.13 bits per heavy atom. The summed E-state index contributed by atoms with van der Waals surface area (Å²) in [6, 6.07) is 0.286. The minimum Gasteiger partial charge on any atom is -0.304 e. The maximum atomic E-state index is 5.44. The first-order valence-electron chi connectivity index (χ1n) is 6.28. The summed E-state index contributed by atoms with van der Waals surface area (Å²) in [5.41, 5.74) is 0. The van der Waals surface area contributed by atoms with Crippen molar-refractivity contribution in [2.75, 3.05) is 26.2 Å². The lowest BCUT2D eigenvalue weighted by atomic mass is 10.2. The molecular formula is C13H24N2. The van der Waals surface area contributed by atoms with E-state index in [0.717, 1.165) is 19.4 Å². The highest BCUT2D eigenvalue weighted by Crippen LogP contribution is 2.07. The molecule has 0 saturated carbocycles. The number of hydrogen-bond acceptors (Lipinski definition) is 2. The van der Waals surface area contributed by atoms with Gasteiger partial charge in [-0.1, -0.05) is 19.3 Å². The molecule has 0 radical (unpaired) electrons. The zero-order valence-corrected chi connectivity index (χ0v) is 9.97. The van der Waals surface area contributed by atoms with Gasteiger partial charge in [0.25, 0.3) is 0 Å². The van der Waals surface area contributed by atoms with E-state index in [1.165, 1.54) is 38.9 Å². The molecule has 0 aromatic heterocycles. The van der Waals surface area contributed by atoms with Crippen molar-refractivity contribution in [1.82, 2.24) is 10.2 Å². The molecule has 1 unspecified atom stereocenters. The van der Waals surface area contributed by atoms with Crippen LogP contribution >= 0.6 is 0 Å². The van der Waals surface area contributed by atoms with Crippen molar-refractivity contribution < 1.29 is 0 Å². The molecule has 0 spiro atoms. The highest BCUT2D eigenvalue weighted by atomic mass is 15.1. The van der Waals surface area contributed by atoms with E-state index in [1.54, 1.807) is 0 Å².